The van der Waals surface area contributed by atoms with E-state index in [-0.39, 0.29) is 5.78 Å². The Hall–Kier alpha value is -3.32. The van der Waals surface area contributed by atoms with Crippen LogP contribution in [0.3, 0.4) is 0 Å². The van der Waals surface area contributed by atoms with Gasteiger partial charge in [0.2, 0.25) is 0 Å². The van der Waals surface area contributed by atoms with Gasteiger partial charge in [0, 0.05) is 36.5 Å². The number of carbonyl (C=O) groups excluding carboxylic acids is 1. The number of azo groups is 1. The summed E-state index contributed by atoms with van der Waals surface area (Å²) < 4.78 is 0. The van der Waals surface area contributed by atoms with Crippen molar-refractivity contribution in [3.05, 3.63) is 60.3 Å². The van der Waals surface area contributed by atoms with Crippen molar-refractivity contribution >= 4 is 43.8 Å². The van der Waals surface area contributed by atoms with Crippen LogP contribution in [-0.4, -0.2) is 28.8 Å². The third-order valence-corrected chi connectivity index (χ3v) is 6.26. The van der Waals surface area contributed by atoms with Crippen molar-refractivity contribution in [3.8, 4) is 11.3 Å². The van der Waals surface area contributed by atoms with Crippen molar-refractivity contribution in [1.29, 1.82) is 0 Å². The number of hydrogen-bond acceptors (Lipinski definition) is 6. The van der Waals surface area contributed by atoms with Crippen molar-refractivity contribution < 1.29 is 4.79 Å². The van der Waals surface area contributed by atoms with Crippen LogP contribution in [0.25, 0.3) is 22.2 Å². The fourth-order valence-electron chi connectivity index (χ4n) is 3.67. The van der Waals surface area contributed by atoms with Crippen LogP contribution in [-0.2, 0) is 0 Å². The van der Waals surface area contributed by atoms with Crippen LogP contribution in [0.4, 0.5) is 15.8 Å². The molecule has 0 spiro atoms. The fraction of sp³-hybridized carbons (Fsp3) is 0.217. The lowest BCUT2D eigenvalue weighted by molar-refractivity contribution is 0.101. The Bertz CT molecular complexity index is 1240. The minimum Gasteiger partial charge on any atom is -0.352 e. The number of carbonyl (C=O) groups is 1. The second kappa shape index (κ2) is 7.84. The Morgan fingerprint density at radius 3 is 2.63 bits per heavy atom. The number of fused-ring (bicyclic) bond motifs is 1. The SMILES string of the molecule is CC(=O)c1cc2cc(/N=N/c3sc(N4CCCC4)nc3-c3ccccc3)ccc2[nH]1. The summed E-state index contributed by atoms with van der Waals surface area (Å²) in [5, 5.41) is 11.8. The van der Waals surface area contributed by atoms with Crippen LogP contribution in [0.1, 0.15) is 30.3 Å². The van der Waals surface area contributed by atoms with Gasteiger partial charge in [-0.15, -0.1) is 10.2 Å². The van der Waals surface area contributed by atoms with E-state index in [2.05, 4.69) is 32.2 Å². The zero-order chi connectivity index (χ0) is 20.5. The maximum absolute atomic E-state index is 11.6. The van der Waals surface area contributed by atoms with E-state index in [0.717, 1.165) is 51.1 Å². The number of hydrogen-bond donors (Lipinski definition) is 1. The van der Waals surface area contributed by atoms with Gasteiger partial charge in [-0.2, -0.15) is 0 Å². The van der Waals surface area contributed by atoms with Crippen molar-refractivity contribution in [3.63, 3.8) is 0 Å². The smallest absolute Gasteiger partial charge is 0.188 e. The van der Waals surface area contributed by atoms with E-state index >= 15 is 0 Å². The monoisotopic (exact) mass is 415 g/mol. The van der Waals surface area contributed by atoms with Gasteiger partial charge in [-0.1, -0.05) is 41.7 Å². The maximum Gasteiger partial charge on any atom is 0.188 e. The molecule has 0 radical (unpaired) electrons. The maximum atomic E-state index is 11.6. The molecule has 1 N–H and O–H groups in total. The first-order chi connectivity index (χ1) is 14.7. The average molecular weight is 416 g/mol. The second-order valence-electron chi connectivity index (χ2n) is 7.42. The van der Waals surface area contributed by atoms with E-state index < -0.39 is 0 Å². The van der Waals surface area contributed by atoms with E-state index in [4.69, 9.17) is 4.98 Å². The molecule has 4 aromatic rings. The number of anilines is 1. The number of aromatic nitrogens is 2. The van der Waals surface area contributed by atoms with Gasteiger partial charge >= 0.3 is 0 Å². The lowest BCUT2D eigenvalue weighted by Gasteiger charge is -2.11. The Morgan fingerprint density at radius 2 is 1.87 bits per heavy atom. The highest BCUT2D eigenvalue weighted by atomic mass is 32.1. The fourth-order valence-corrected chi connectivity index (χ4v) is 4.63. The highest BCUT2D eigenvalue weighted by Gasteiger charge is 2.20. The van der Waals surface area contributed by atoms with Gasteiger partial charge < -0.3 is 9.88 Å². The van der Waals surface area contributed by atoms with Crippen LogP contribution in [0, 0.1) is 0 Å². The number of nitrogens with one attached hydrogen (secondary N) is 1. The third-order valence-electron chi connectivity index (χ3n) is 5.26. The molecule has 3 heterocycles. The third kappa shape index (κ3) is 3.64. The molecule has 1 saturated heterocycles. The molecule has 150 valence electrons. The Morgan fingerprint density at radius 1 is 1.07 bits per heavy atom. The minimum atomic E-state index is 0.0148. The highest BCUT2D eigenvalue weighted by molar-refractivity contribution is 7.19. The van der Waals surface area contributed by atoms with Crippen molar-refractivity contribution in [1.82, 2.24) is 9.97 Å². The summed E-state index contributed by atoms with van der Waals surface area (Å²) in [5.74, 6) is 0.0148. The molecular weight excluding hydrogens is 394 g/mol. The molecule has 0 bridgehead atoms. The Kier molecular flexibility index (Phi) is 4.88. The van der Waals surface area contributed by atoms with Gasteiger partial charge in [-0.25, -0.2) is 4.98 Å². The normalized spacial score (nSPS) is 14.2. The lowest BCUT2D eigenvalue weighted by Crippen LogP contribution is -2.17. The molecule has 2 aromatic carbocycles. The van der Waals surface area contributed by atoms with E-state index in [0.29, 0.717) is 5.69 Å². The number of rotatable bonds is 5. The molecule has 6 nitrogen and oxygen atoms in total. The minimum absolute atomic E-state index is 0.0148. The number of H-pyrrole nitrogens is 1. The topological polar surface area (TPSA) is 73.7 Å². The van der Waals surface area contributed by atoms with Gasteiger partial charge in [0.25, 0.3) is 0 Å². The number of ketones is 1. The van der Waals surface area contributed by atoms with Crippen LogP contribution in [0.15, 0.2) is 64.8 Å². The molecular formula is C23H21N5OS. The molecule has 1 aliphatic rings. The molecule has 7 heteroatoms. The molecule has 0 amide bonds. The number of benzene rings is 2. The van der Waals surface area contributed by atoms with Gasteiger partial charge in [0.1, 0.15) is 5.69 Å². The zero-order valence-electron chi connectivity index (χ0n) is 16.6. The molecule has 2 aromatic heterocycles. The first-order valence-electron chi connectivity index (χ1n) is 10.0. The van der Waals surface area contributed by atoms with Gasteiger partial charge in [-0.3, -0.25) is 4.79 Å². The molecule has 5 rings (SSSR count). The lowest BCUT2D eigenvalue weighted by atomic mass is 10.2. The van der Waals surface area contributed by atoms with Crippen LogP contribution in [0.5, 0.6) is 0 Å². The first-order valence-corrected chi connectivity index (χ1v) is 10.9. The van der Waals surface area contributed by atoms with Crippen LogP contribution in [0.2, 0.25) is 0 Å². The van der Waals surface area contributed by atoms with E-state index in [1.54, 1.807) is 18.3 Å². The van der Waals surface area contributed by atoms with E-state index in [1.807, 2.05) is 42.5 Å². The van der Waals surface area contributed by atoms with E-state index in [1.165, 1.54) is 12.8 Å². The molecule has 0 atom stereocenters. The summed E-state index contributed by atoms with van der Waals surface area (Å²) in [7, 11) is 0. The Labute approximate surface area is 178 Å². The standard InChI is InChI=1S/C23H21N5OS/c1-15(29)20-14-17-13-18(9-10-19(17)24-20)26-27-22-21(16-7-3-2-4-8-16)25-23(30-22)28-11-5-6-12-28/h2-4,7-10,13-14,24H,5-6,11-12H2,1H3/b27-26+. The summed E-state index contributed by atoms with van der Waals surface area (Å²) in [6, 6.07) is 17.7. The number of nitrogens with zero attached hydrogens (tertiary/aromatic N) is 4. The number of aromatic amines is 1. The van der Waals surface area contributed by atoms with Gasteiger partial charge in [-0.05, 0) is 37.1 Å². The summed E-state index contributed by atoms with van der Waals surface area (Å²) in [5.41, 5.74) is 4.17. The summed E-state index contributed by atoms with van der Waals surface area (Å²) >= 11 is 1.59. The summed E-state index contributed by atoms with van der Waals surface area (Å²) in [4.78, 5) is 22.0. The molecule has 1 fully saturated rings. The van der Waals surface area contributed by atoms with Gasteiger partial charge in [0.15, 0.2) is 15.9 Å². The summed E-state index contributed by atoms with van der Waals surface area (Å²) in [6.07, 6.45) is 2.41. The predicted octanol–water partition coefficient (Wildman–Crippen LogP) is 6.51. The van der Waals surface area contributed by atoms with Crippen LogP contribution >= 0.6 is 11.3 Å². The largest absolute Gasteiger partial charge is 0.352 e. The predicted molar refractivity (Wildman–Crippen MR) is 121 cm³/mol. The second-order valence-corrected chi connectivity index (χ2v) is 8.38. The molecule has 1 aliphatic heterocycles. The van der Waals surface area contributed by atoms with Crippen molar-refractivity contribution in [2.24, 2.45) is 10.2 Å². The average Bonchev–Trinajstić information content (AvgIpc) is 3.51. The zero-order valence-corrected chi connectivity index (χ0v) is 17.4. The van der Waals surface area contributed by atoms with E-state index in [9.17, 15) is 4.79 Å². The van der Waals surface area contributed by atoms with Gasteiger partial charge in [0.05, 0.1) is 11.4 Å². The van der Waals surface area contributed by atoms with Crippen molar-refractivity contribution in [2.45, 2.75) is 19.8 Å². The molecule has 0 saturated carbocycles. The van der Waals surface area contributed by atoms with Crippen molar-refractivity contribution in [2.75, 3.05) is 18.0 Å². The quantitative estimate of drug-likeness (QED) is 0.298. The highest BCUT2D eigenvalue weighted by Crippen LogP contribution is 2.41. The molecule has 0 aliphatic carbocycles. The number of Topliss-reactive ketones (excluding diaryl/α,β-unsaturated/α-hetero) is 1. The molecule has 30 heavy (non-hydrogen) atoms. The first kappa shape index (κ1) is 18.7. The number of thiazole rings is 1. The Balaban J connectivity index is 1.50. The molecule has 0 unspecified atom stereocenters. The van der Waals surface area contributed by atoms with Crippen LogP contribution < -0.4 is 4.90 Å². The summed E-state index contributed by atoms with van der Waals surface area (Å²) in [6.45, 7) is 3.64.